The predicted molar refractivity (Wildman–Crippen MR) is 73.2 cm³/mol. The molecule has 0 aliphatic rings. The van der Waals surface area contributed by atoms with Crippen LogP contribution in [0.1, 0.15) is 30.5 Å². The highest BCUT2D eigenvalue weighted by atomic mass is 32.1. The summed E-state index contributed by atoms with van der Waals surface area (Å²) in [6.45, 7) is 4.20. The summed E-state index contributed by atoms with van der Waals surface area (Å²) in [5, 5.41) is 5.54. The summed E-state index contributed by atoms with van der Waals surface area (Å²) in [6.07, 6.45) is 2.16. The summed E-state index contributed by atoms with van der Waals surface area (Å²) >= 11 is 1.73. The zero-order valence-corrected chi connectivity index (χ0v) is 11.4. The molecule has 0 fully saturated rings. The third-order valence-corrected chi connectivity index (χ3v) is 3.53. The van der Waals surface area contributed by atoms with E-state index in [1.165, 1.54) is 17.1 Å². The van der Waals surface area contributed by atoms with Crippen molar-refractivity contribution < 1.29 is 4.39 Å². The lowest BCUT2D eigenvalue weighted by Crippen LogP contribution is -2.30. The van der Waals surface area contributed by atoms with Crippen LogP contribution in [0.15, 0.2) is 35.8 Å². The summed E-state index contributed by atoms with van der Waals surface area (Å²) in [4.78, 5) is 5.48. The predicted octanol–water partition coefficient (Wildman–Crippen LogP) is 3.56. The highest BCUT2D eigenvalue weighted by Gasteiger charge is 2.15. The zero-order chi connectivity index (χ0) is 13.0. The maximum Gasteiger partial charge on any atom is 0.141 e. The van der Waals surface area contributed by atoms with Gasteiger partial charge in [0.1, 0.15) is 5.82 Å². The number of halogens is 1. The molecular weight excluding hydrogens is 247 g/mol. The first kappa shape index (κ1) is 13.2. The lowest BCUT2D eigenvalue weighted by Gasteiger charge is -2.20. The van der Waals surface area contributed by atoms with E-state index in [1.54, 1.807) is 17.4 Å². The molecule has 2 aromatic heterocycles. The Hall–Kier alpha value is -1.26. The average Bonchev–Trinajstić information content (AvgIpc) is 2.81. The third-order valence-electron chi connectivity index (χ3n) is 2.63. The van der Waals surface area contributed by atoms with Crippen LogP contribution >= 0.6 is 11.3 Å². The van der Waals surface area contributed by atoms with E-state index >= 15 is 0 Å². The standard InChI is InChI=1S/C14H17FN2S/c1-10(2)17-14(8-12-4-3-7-18-12)13-6-5-11(15)9-16-13/h3-7,9-10,14,17H,8H2,1-2H3. The molecular formula is C14H17FN2S. The van der Waals surface area contributed by atoms with Crippen LogP contribution in [0.3, 0.4) is 0 Å². The molecule has 18 heavy (non-hydrogen) atoms. The SMILES string of the molecule is CC(C)NC(Cc1cccs1)c1ccc(F)cn1. The summed E-state index contributed by atoms with van der Waals surface area (Å²) < 4.78 is 12.9. The molecule has 0 bridgehead atoms. The molecule has 0 aliphatic heterocycles. The van der Waals surface area contributed by atoms with Crippen LogP contribution in [-0.4, -0.2) is 11.0 Å². The monoisotopic (exact) mass is 264 g/mol. The molecule has 0 amide bonds. The van der Waals surface area contributed by atoms with Crippen molar-refractivity contribution in [2.45, 2.75) is 32.4 Å². The number of hydrogen-bond donors (Lipinski definition) is 1. The molecule has 0 aromatic carbocycles. The number of rotatable bonds is 5. The van der Waals surface area contributed by atoms with E-state index in [2.05, 4.69) is 35.6 Å². The van der Waals surface area contributed by atoms with E-state index in [4.69, 9.17) is 0 Å². The molecule has 4 heteroatoms. The second-order valence-electron chi connectivity index (χ2n) is 4.56. The molecule has 2 rings (SSSR count). The number of aromatic nitrogens is 1. The highest BCUT2D eigenvalue weighted by Crippen LogP contribution is 2.20. The molecule has 2 aromatic rings. The van der Waals surface area contributed by atoms with Crippen LogP contribution in [0.5, 0.6) is 0 Å². The van der Waals surface area contributed by atoms with Gasteiger partial charge in [-0.2, -0.15) is 0 Å². The molecule has 0 saturated heterocycles. The molecule has 0 aliphatic carbocycles. The van der Waals surface area contributed by atoms with Crippen molar-refractivity contribution in [3.05, 3.63) is 52.2 Å². The third kappa shape index (κ3) is 3.62. The van der Waals surface area contributed by atoms with Crippen LogP contribution in [0.2, 0.25) is 0 Å². The first-order valence-corrected chi connectivity index (χ1v) is 6.93. The van der Waals surface area contributed by atoms with Crippen molar-refractivity contribution in [3.8, 4) is 0 Å². The number of hydrogen-bond acceptors (Lipinski definition) is 3. The molecule has 0 saturated carbocycles. The van der Waals surface area contributed by atoms with E-state index in [-0.39, 0.29) is 11.9 Å². The van der Waals surface area contributed by atoms with Gasteiger partial charge in [0.2, 0.25) is 0 Å². The largest absolute Gasteiger partial charge is 0.306 e. The van der Waals surface area contributed by atoms with Crippen molar-refractivity contribution in [1.82, 2.24) is 10.3 Å². The summed E-state index contributed by atoms with van der Waals surface area (Å²) in [6, 6.07) is 7.87. The first-order chi connectivity index (χ1) is 8.65. The lowest BCUT2D eigenvalue weighted by molar-refractivity contribution is 0.466. The Balaban J connectivity index is 2.16. The van der Waals surface area contributed by atoms with Gasteiger partial charge >= 0.3 is 0 Å². The van der Waals surface area contributed by atoms with Gasteiger partial charge in [0, 0.05) is 17.3 Å². The van der Waals surface area contributed by atoms with Crippen molar-refractivity contribution in [2.75, 3.05) is 0 Å². The number of pyridine rings is 1. The zero-order valence-electron chi connectivity index (χ0n) is 10.6. The summed E-state index contributed by atoms with van der Waals surface area (Å²) in [5.74, 6) is -0.293. The fourth-order valence-electron chi connectivity index (χ4n) is 1.87. The van der Waals surface area contributed by atoms with Gasteiger partial charge in [-0.1, -0.05) is 19.9 Å². The van der Waals surface area contributed by atoms with Gasteiger partial charge in [-0.25, -0.2) is 4.39 Å². The topological polar surface area (TPSA) is 24.9 Å². The quantitative estimate of drug-likeness (QED) is 0.893. The molecule has 1 N–H and O–H groups in total. The normalized spacial score (nSPS) is 12.9. The number of thiophene rings is 1. The Kier molecular flexibility index (Phi) is 4.44. The minimum absolute atomic E-state index is 0.129. The molecule has 2 heterocycles. The van der Waals surface area contributed by atoms with E-state index in [9.17, 15) is 4.39 Å². The second-order valence-corrected chi connectivity index (χ2v) is 5.59. The minimum Gasteiger partial charge on any atom is -0.306 e. The first-order valence-electron chi connectivity index (χ1n) is 6.05. The molecule has 1 atom stereocenters. The van der Waals surface area contributed by atoms with Crippen molar-refractivity contribution in [1.29, 1.82) is 0 Å². The smallest absolute Gasteiger partial charge is 0.141 e. The Morgan fingerprint density at radius 1 is 1.33 bits per heavy atom. The fraction of sp³-hybridized carbons (Fsp3) is 0.357. The lowest BCUT2D eigenvalue weighted by atomic mass is 10.1. The van der Waals surface area contributed by atoms with E-state index in [0.29, 0.717) is 6.04 Å². The van der Waals surface area contributed by atoms with Crippen LogP contribution in [0.25, 0.3) is 0 Å². The van der Waals surface area contributed by atoms with Crippen molar-refractivity contribution in [3.63, 3.8) is 0 Å². The molecule has 1 unspecified atom stereocenters. The van der Waals surface area contributed by atoms with Gasteiger partial charge < -0.3 is 5.32 Å². The summed E-state index contributed by atoms with van der Waals surface area (Å²) in [5.41, 5.74) is 0.888. The van der Waals surface area contributed by atoms with Crippen LogP contribution in [0, 0.1) is 5.82 Å². The van der Waals surface area contributed by atoms with Crippen LogP contribution in [-0.2, 0) is 6.42 Å². The van der Waals surface area contributed by atoms with Gasteiger partial charge in [0.25, 0.3) is 0 Å². The van der Waals surface area contributed by atoms with E-state index < -0.39 is 0 Å². The summed E-state index contributed by atoms with van der Waals surface area (Å²) in [7, 11) is 0. The van der Waals surface area contributed by atoms with Crippen LogP contribution in [0.4, 0.5) is 4.39 Å². The van der Waals surface area contributed by atoms with Gasteiger partial charge in [-0.15, -0.1) is 11.3 Å². The van der Waals surface area contributed by atoms with Gasteiger partial charge in [0.05, 0.1) is 17.9 Å². The highest BCUT2D eigenvalue weighted by molar-refractivity contribution is 7.09. The molecule has 2 nitrogen and oxygen atoms in total. The molecule has 96 valence electrons. The Labute approximate surface area is 111 Å². The van der Waals surface area contributed by atoms with Gasteiger partial charge in [-0.3, -0.25) is 4.98 Å². The molecule has 0 radical (unpaired) electrons. The second kappa shape index (κ2) is 6.07. The molecule has 0 spiro atoms. The van der Waals surface area contributed by atoms with Crippen LogP contribution < -0.4 is 5.32 Å². The van der Waals surface area contributed by atoms with Crippen molar-refractivity contribution in [2.24, 2.45) is 0 Å². The maximum atomic E-state index is 12.9. The Bertz CT molecular complexity index is 465. The Morgan fingerprint density at radius 3 is 2.72 bits per heavy atom. The van der Waals surface area contributed by atoms with E-state index in [0.717, 1.165) is 12.1 Å². The number of nitrogens with zero attached hydrogens (tertiary/aromatic N) is 1. The van der Waals surface area contributed by atoms with Gasteiger partial charge in [0.15, 0.2) is 0 Å². The average molecular weight is 264 g/mol. The van der Waals surface area contributed by atoms with E-state index in [1.807, 2.05) is 6.07 Å². The fourth-order valence-corrected chi connectivity index (χ4v) is 2.63. The Morgan fingerprint density at radius 2 is 2.17 bits per heavy atom. The maximum absolute atomic E-state index is 12.9. The van der Waals surface area contributed by atoms with Gasteiger partial charge in [-0.05, 0) is 23.6 Å². The van der Waals surface area contributed by atoms with Crippen molar-refractivity contribution >= 4 is 11.3 Å². The number of nitrogens with one attached hydrogen (secondary N) is 1. The minimum atomic E-state index is -0.293.